The molecule has 146 valence electrons. The molecule has 0 saturated carbocycles. The first-order valence-corrected chi connectivity index (χ1v) is 9.76. The van der Waals surface area contributed by atoms with Gasteiger partial charge in [-0.2, -0.15) is 0 Å². The predicted octanol–water partition coefficient (Wildman–Crippen LogP) is 2.99. The van der Waals surface area contributed by atoms with Crippen LogP contribution in [-0.2, 0) is 10.5 Å². The predicted molar refractivity (Wildman–Crippen MR) is 105 cm³/mol. The van der Waals surface area contributed by atoms with Gasteiger partial charge in [0.25, 0.3) is 5.91 Å². The number of para-hydroxylation sites is 1. The quantitative estimate of drug-likeness (QED) is 0.340. The van der Waals surface area contributed by atoms with Gasteiger partial charge in [-0.1, -0.05) is 30.0 Å². The molecule has 0 spiro atoms. The summed E-state index contributed by atoms with van der Waals surface area (Å²) in [6, 6.07) is 9.24. The summed E-state index contributed by atoms with van der Waals surface area (Å²) >= 11 is 1.43. The van der Waals surface area contributed by atoms with Gasteiger partial charge in [0.1, 0.15) is 5.58 Å². The summed E-state index contributed by atoms with van der Waals surface area (Å²) in [7, 11) is 0. The van der Waals surface area contributed by atoms with Crippen molar-refractivity contribution in [1.29, 1.82) is 0 Å². The smallest absolute Gasteiger partial charge is 0.407 e. The molecule has 2 aromatic heterocycles. The van der Waals surface area contributed by atoms with Crippen molar-refractivity contribution >= 4 is 34.7 Å². The van der Waals surface area contributed by atoms with Gasteiger partial charge < -0.3 is 19.8 Å². The lowest BCUT2D eigenvalue weighted by atomic mass is 10.1. The number of nitrogens with zero attached hydrogens (tertiary/aromatic N) is 2. The average Bonchev–Trinajstić information content (AvgIpc) is 3.09. The fourth-order valence-electron chi connectivity index (χ4n) is 2.53. The van der Waals surface area contributed by atoms with Gasteiger partial charge in [-0.05, 0) is 19.1 Å². The van der Waals surface area contributed by atoms with Gasteiger partial charge >= 0.3 is 6.09 Å². The van der Waals surface area contributed by atoms with Crippen LogP contribution in [0.1, 0.15) is 23.0 Å². The van der Waals surface area contributed by atoms with E-state index in [9.17, 15) is 9.59 Å². The average molecular weight is 400 g/mol. The second-order valence-electron chi connectivity index (χ2n) is 5.63. The fraction of sp³-hybridized carbons (Fsp3) is 0.263. The third kappa shape index (κ3) is 5.01. The molecular weight excluding hydrogens is 380 g/mol. The van der Waals surface area contributed by atoms with Crippen LogP contribution >= 0.6 is 11.8 Å². The first kappa shape index (κ1) is 19.7. The molecular formula is C19H20N4O4S. The maximum atomic E-state index is 12.6. The molecule has 1 aromatic carbocycles. The van der Waals surface area contributed by atoms with E-state index in [4.69, 9.17) is 9.15 Å². The van der Waals surface area contributed by atoms with Gasteiger partial charge in [0.15, 0.2) is 10.9 Å². The second-order valence-corrected chi connectivity index (χ2v) is 6.57. The Kier molecular flexibility index (Phi) is 6.85. The monoisotopic (exact) mass is 400 g/mol. The van der Waals surface area contributed by atoms with Gasteiger partial charge in [-0.3, -0.25) is 4.79 Å². The van der Waals surface area contributed by atoms with Crippen molar-refractivity contribution in [3.63, 3.8) is 0 Å². The van der Waals surface area contributed by atoms with Gasteiger partial charge in [-0.25, -0.2) is 14.8 Å². The lowest BCUT2D eigenvalue weighted by molar-refractivity contribution is 0.0926. The highest BCUT2D eigenvalue weighted by molar-refractivity contribution is 7.98. The van der Waals surface area contributed by atoms with Gasteiger partial charge in [0, 0.05) is 42.2 Å². The second kappa shape index (κ2) is 9.75. The number of alkyl carbamates (subject to hydrolysis) is 1. The van der Waals surface area contributed by atoms with E-state index in [1.54, 1.807) is 25.4 Å². The maximum Gasteiger partial charge on any atom is 0.407 e. The first-order valence-electron chi connectivity index (χ1n) is 8.78. The first-order chi connectivity index (χ1) is 13.7. The number of rotatable bonds is 8. The molecule has 0 saturated heterocycles. The molecule has 0 aliphatic heterocycles. The number of thioether (sulfide) groups is 1. The molecule has 0 aliphatic rings. The van der Waals surface area contributed by atoms with Crippen LogP contribution in [0.3, 0.4) is 0 Å². The Morgan fingerprint density at radius 2 is 1.86 bits per heavy atom. The molecule has 0 fully saturated rings. The van der Waals surface area contributed by atoms with Crippen LogP contribution < -0.4 is 10.6 Å². The molecule has 9 heteroatoms. The summed E-state index contributed by atoms with van der Waals surface area (Å²) in [4.78, 5) is 32.3. The van der Waals surface area contributed by atoms with Crippen LogP contribution in [0.15, 0.2) is 52.3 Å². The molecule has 0 bridgehead atoms. The number of aromatic nitrogens is 2. The van der Waals surface area contributed by atoms with Gasteiger partial charge in [0.2, 0.25) is 0 Å². The molecule has 8 nitrogen and oxygen atoms in total. The highest BCUT2D eigenvalue weighted by atomic mass is 32.2. The molecule has 2 heterocycles. The van der Waals surface area contributed by atoms with Crippen molar-refractivity contribution in [2.45, 2.75) is 17.8 Å². The Morgan fingerprint density at radius 1 is 1.11 bits per heavy atom. The lowest BCUT2D eigenvalue weighted by Crippen LogP contribution is -2.35. The van der Waals surface area contributed by atoms with Crippen molar-refractivity contribution in [1.82, 2.24) is 20.6 Å². The van der Waals surface area contributed by atoms with Crippen molar-refractivity contribution in [2.24, 2.45) is 0 Å². The Hall–Kier alpha value is -3.07. The Balaban J connectivity index is 1.69. The van der Waals surface area contributed by atoms with Crippen molar-refractivity contribution in [2.75, 3.05) is 19.7 Å². The minimum Gasteiger partial charge on any atom is -0.451 e. The summed E-state index contributed by atoms with van der Waals surface area (Å²) in [6.45, 7) is 2.53. The van der Waals surface area contributed by atoms with Crippen LogP contribution in [0.4, 0.5) is 4.79 Å². The van der Waals surface area contributed by atoms with Crippen molar-refractivity contribution < 1.29 is 18.7 Å². The number of ether oxygens (including phenoxy) is 1. The standard InChI is InChI=1S/C19H20N4O4S/c1-2-26-19(25)23-11-10-20-17(24)16-14(12-28-18-21-8-5-9-22-18)13-6-3-4-7-15(13)27-16/h3-9H,2,10-12H2,1H3,(H,20,24)(H,23,25). The highest BCUT2D eigenvalue weighted by Gasteiger charge is 2.20. The van der Waals surface area contributed by atoms with E-state index in [1.807, 2.05) is 24.3 Å². The molecule has 3 rings (SSSR count). The number of carbonyl (C=O) groups excluding carboxylic acids is 2. The van der Waals surface area contributed by atoms with Crippen LogP contribution in [0.2, 0.25) is 0 Å². The van der Waals surface area contributed by atoms with Crippen LogP contribution in [-0.4, -0.2) is 41.7 Å². The number of fused-ring (bicyclic) bond motifs is 1. The summed E-state index contributed by atoms with van der Waals surface area (Å²) < 4.78 is 10.6. The highest BCUT2D eigenvalue weighted by Crippen LogP contribution is 2.30. The van der Waals surface area contributed by atoms with Gasteiger partial charge in [-0.15, -0.1) is 0 Å². The Labute approximate surface area is 166 Å². The van der Waals surface area contributed by atoms with E-state index in [1.165, 1.54) is 11.8 Å². The number of benzene rings is 1. The minimum atomic E-state index is -0.513. The topological polar surface area (TPSA) is 106 Å². The molecule has 0 unspecified atom stereocenters. The van der Waals surface area contributed by atoms with Crippen molar-refractivity contribution in [3.8, 4) is 0 Å². The number of hydrogen-bond acceptors (Lipinski definition) is 7. The number of furan rings is 1. The van der Waals surface area contributed by atoms with E-state index in [0.717, 1.165) is 10.9 Å². The number of hydrogen-bond donors (Lipinski definition) is 2. The zero-order valence-electron chi connectivity index (χ0n) is 15.3. The summed E-state index contributed by atoms with van der Waals surface area (Å²) in [6.07, 6.45) is 2.83. The minimum absolute atomic E-state index is 0.251. The SMILES string of the molecule is CCOC(=O)NCCNC(=O)c1oc2ccccc2c1CSc1ncccn1. The summed E-state index contributed by atoms with van der Waals surface area (Å²) in [5.41, 5.74) is 1.42. The van der Waals surface area contributed by atoms with Crippen molar-refractivity contribution in [3.05, 3.63) is 54.0 Å². The maximum absolute atomic E-state index is 12.6. The normalized spacial score (nSPS) is 10.6. The van der Waals surface area contributed by atoms with E-state index in [0.29, 0.717) is 23.1 Å². The van der Waals surface area contributed by atoms with Crippen LogP contribution in [0.25, 0.3) is 11.0 Å². The lowest BCUT2D eigenvalue weighted by Gasteiger charge is -2.07. The zero-order valence-corrected chi connectivity index (χ0v) is 16.1. The number of amides is 2. The molecule has 3 aromatic rings. The number of nitrogens with one attached hydrogen (secondary N) is 2. The molecule has 2 amide bonds. The molecule has 0 atom stereocenters. The van der Waals surface area contributed by atoms with E-state index in [-0.39, 0.29) is 24.8 Å². The van der Waals surface area contributed by atoms with Crippen LogP contribution in [0, 0.1) is 0 Å². The number of carbonyl (C=O) groups is 2. The molecule has 28 heavy (non-hydrogen) atoms. The molecule has 2 N–H and O–H groups in total. The van der Waals surface area contributed by atoms with Crippen LogP contribution in [0.5, 0.6) is 0 Å². The molecule has 0 aliphatic carbocycles. The zero-order chi connectivity index (χ0) is 19.8. The third-order valence-electron chi connectivity index (χ3n) is 3.75. The largest absolute Gasteiger partial charge is 0.451 e. The molecule has 0 radical (unpaired) electrons. The summed E-state index contributed by atoms with van der Waals surface area (Å²) in [5.74, 6) is 0.400. The third-order valence-corrected chi connectivity index (χ3v) is 4.65. The van der Waals surface area contributed by atoms with E-state index >= 15 is 0 Å². The Bertz CT molecular complexity index is 946. The Morgan fingerprint density at radius 3 is 2.64 bits per heavy atom. The summed E-state index contributed by atoms with van der Waals surface area (Å²) in [5, 5.41) is 6.80. The van der Waals surface area contributed by atoms with E-state index in [2.05, 4.69) is 20.6 Å². The van der Waals surface area contributed by atoms with Gasteiger partial charge in [0.05, 0.1) is 6.61 Å². The van der Waals surface area contributed by atoms with E-state index < -0.39 is 6.09 Å². The fourth-order valence-corrected chi connectivity index (χ4v) is 3.36.